The summed E-state index contributed by atoms with van der Waals surface area (Å²) in [6.07, 6.45) is 0. The Morgan fingerprint density at radius 1 is 0.491 bits per heavy atom. The van der Waals surface area contributed by atoms with Gasteiger partial charge in [-0.1, -0.05) is 158 Å². The number of hydrogen-bond acceptors (Lipinski definition) is 3. The lowest BCUT2D eigenvalue weighted by Crippen LogP contribution is -2.74. The third kappa shape index (κ3) is 4.94. The summed E-state index contributed by atoms with van der Waals surface area (Å²) >= 11 is 0. The van der Waals surface area contributed by atoms with Gasteiger partial charge in [-0.2, -0.15) is 0 Å². The minimum absolute atomic E-state index is 0.432. The van der Waals surface area contributed by atoms with Crippen LogP contribution in [0.2, 0.25) is 0 Å². The number of aromatic nitrogens is 2. The van der Waals surface area contributed by atoms with Gasteiger partial charge in [0.2, 0.25) is 0 Å². The van der Waals surface area contributed by atoms with Gasteiger partial charge >= 0.3 is 0 Å². The van der Waals surface area contributed by atoms with Gasteiger partial charge in [0, 0.05) is 10.8 Å². The Labute approximate surface area is 319 Å². The van der Waals surface area contributed by atoms with Gasteiger partial charge in [-0.05, 0) is 79.4 Å². The minimum Gasteiger partial charge on any atom is -0.483 e. The molecule has 1 aliphatic rings. The van der Waals surface area contributed by atoms with Crippen LogP contribution < -0.4 is 25.5 Å². The molecule has 55 heavy (non-hydrogen) atoms. The molecule has 0 fully saturated rings. The lowest BCUT2D eigenvalue weighted by atomic mass is 9.99. The van der Waals surface area contributed by atoms with Crippen LogP contribution in [0.3, 0.4) is 0 Å². The first-order valence-corrected chi connectivity index (χ1v) is 20.7. The Balaban J connectivity index is 1.11. The fraction of sp³-hybridized carbons (Fsp3) is 0.0200. The Bertz CT molecular complexity index is 3020. The minimum atomic E-state index is -2.90. The molecule has 5 heteroatoms. The Morgan fingerprint density at radius 2 is 1.11 bits per heavy atom. The Morgan fingerprint density at radius 3 is 1.91 bits per heavy atom. The molecule has 0 saturated heterocycles. The maximum absolute atomic E-state index is 6.37. The van der Waals surface area contributed by atoms with Crippen molar-refractivity contribution in [2.24, 2.45) is 0 Å². The standard InChI is InChI=1S/C50H34N2O2Si/c1-3-16-37(17-4-1)55(38-18-5-2-6-19-38,40-21-12-15-36(31-40)41-23-13-27-47-50(41)42-22-7-10-26-46(42)54-47)39-20-11-14-34(30-39)35-28-29-45-48(32-35)53-33-49-51-43-24-8-9-25-44(43)52(45)49/h1-32H,33H2. The molecule has 260 valence electrons. The van der Waals surface area contributed by atoms with Gasteiger partial charge in [0.25, 0.3) is 0 Å². The lowest BCUT2D eigenvalue weighted by molar-refractivity contribution is 0.281. The molecule has 11 rings (SSSR count). The van der Waals surface area contributed by atoms with Crippen molar-refractivity contribution in [2.75, 3.05) is 0 Å². The van der Waals surface area contributed by atoms with E-state index in [1.807, 2.05) is 12.1 Å². The Kier molecular flexibility index (Phi) is 7.22. The molecule has 1 aliphatic heterocycles. The zero-order valence-corrected chi connectivity index (χ0v) is 30.9. The van der Waals surface area contributed by atoms with Gasteiger partial charge in [-0.3, -0.25) is 4.57 Å². The summed E-state index contributed by atoms with van der Waals surface area (Å²) in [4.78, 5) is 4.85. The van der Waals surface area contributed by atoms with E-state index in [0.29, 0.717) is 6.61 Å². The third-order valence-corrected chi connectivity index (χ3v) is 16.0. The van der Waals surface area contributed by atoms with Crippen molar-refractivity contribution in [3.63, 3.8) is 0 Å². The van der Waals surface area contributed by atoms with E-state index < -0.39 is 8.07 Å². The summed E-state index contributed by atoms with van der Waals surface area (Å²) in [5, 5.41) is 7.57. The van der Waals surface area contributed by atoms with Crippen molar-refractivity contribution in [1.29, 1.82) is 0 Å². The largest absolute Gasteiger partial charge is 0.483 e. The average molecular weight is 723 g/mol. The molecule has 0 aliphatic carbocycles. The van der Waals surface area contributed by atoms with Gasteiger partial charge < -0.3 is 9.15 Å². The van der Waals surface area contributed by atoms with E-state index in [-0.39, 0.29) is 0 Å². The number of imidazole rings is 1. The molecule has 10 aromatic rings. The van der Waals surface area contributed by atoms with E-state index in [1.165, 1.54) is 31.9 Å². The van der Waals surface area contributed by atoms with Crippen molar-refractivity contribution in [2.45, 2.75) is 6.61 Å². The molecule has 0 atom stereocenters. The number of fused-ring (bicyclic) bond motifs is 8. The SMILES string of the molecule is c1ccc([Si](c2ccccc2)(c2cccc(-c3ccc4c(c3)OCc3nc5ccccc5n3-4)c2)c2cccc(-c3cccc4oc5ccccc5c34)c2)cc1. The van der Waals surface area contributed by atoms with Crippen LogP contribution in [0, 0.1) is 0 Å². The number of rotatable bonds is 6. The molecule has 0 amide bonds. The van der Waals surface area contributed by atoms with Crippen molar-refractivity contribution in [3.8, 4) is 33.7 Å². The summed E-state index contributed by atoms with van der Waals surface area (Å²) in [6, 6.07) is 70.3. The zero-order valence-electron chi connectivity index (χ0n) is 29.9. The fourth-order valence-electron chi connectivity index (χ4n) is 8.82. The first-order valence-electron chi connectivity index (χ1n) is 18.7. The van der Waals surface area contributed by atoms with E-state index in [1.54, 1.807) is 0 Å². The van der Waals surface area contributed by atoms with Crippen LogP contribution >= 0.6 is 0 Å². The normalized spacial score (nSPS) is 12.4. The Hall–Kier alpha value is -6.95. The zero-order chi connectivity index (χ0) is 36.3. The molecular formula is C50H34N2O2Si. The van der Waals surface area contributed by atoms with Gasteiger partial charge in [0.15, 0.2) is 13.9 Å². The molecule has 0 N–H and O–H groups in total. The number of furan rings is 1. The molecule has 0 unspecified atom stereocenters. The summed E-state index contributed by atoms with van der Waals surface area (Å²) in [7, 11) is -2.90. The number of nitrogens with zero attached hydrogens (tertiary/aromatic N) is 2. The van der Waals surface area contributed by atoms with Crippen LogP contribution in [0.15, 0.2) is 199 Å². The maximum Gasteiger partial charge on any atom is 0.179 e. The number of para-hydroxylation sites is 3. The third-order valence-electron chi connectivity index (χ3n) is 11.2. The monoisotopic (exact) mass is 722 g/mol. The van der Waals surface area contributed by atoms with Crippen LogP contribution in [-0.4, -0.2) is 17.6 Å². The van der Waals surface area contributed by atoms with Crippen molar-refractivity contribution in [3.05, 3.63) is 200 Å². The predicted molar refractivity (Wildman–Crippen MR) is 227 cm³/mol. The van der Waals surface area contributed by atoms with Gasteiger partial charge in [-0.25, -0.2) is 4.98 Å². The smallest absolute Gasteiger partial charge is 0.179 e. The van der Waals surface area contributed by atoms with E-state index in [9.17, 15) is 0 Å². The van der Waals surface area contributed by atoms with Crippen LogP contribution in [0.5, 0.6) is 5.75 Å². The van der Waals surface area contributed by atoms with Crippen molar-refractivity contribution in [1.82, 2.24) is 9.55 Å². The number of ether oxygens (including phenoxy) is 1. The summed E-state index contributed by atoms with van der Waals surface area (Å²) in [5.74, 6) is 1.78. The van der Waals surface area contributed by atoms with Gasteiger partial charge in [0.05, 0.1) is 16.7 Å². The molecular weight excluding hydrogens is 689 g/mol. The molecule has 8 aromatic carbocycles. The molecule has 0 bridgehead atoms. The van der Waals surface area contributed by atoms with Crippen LogP contribution in [-0.2, 0) is 6.61 Å². The molecule has 0 spiro atoms. The first-order chi connectivity index (χ1) is 27.3. The molecule has 0 radical (unpaired) electrons. The second kappa shape index (κ2) is 12.6. The van der Waals surface area contributed by atoms with Crippen LogP contribution in [0.25, 0.3) is 60.9 Å². The molecule has 0 saturated carbocycles. The predicted octanol–water partition coefficient (Wildman–Crippen LogP) is 9.53. The van der Waals surface area contributed by atoms with Gasteiger partial charge in [0.1, 0.15) is 23.5 Å². The van der Waals surface area contributed by atoms with E-state index in [4.69, 9.17) is 14.1 Å². The summed E-state index contributed by atoms with van der Waals surface area (Å²) in [5.41, 5.74) is 9.51. The second-order valence-corrected chi connectivity index (χ2v) is 18.1. The summed E-state index contributed by atoms with van der Waals surface area (Å²) in [6.45, 7) is 0.432. The topological polar surface area (TPSA) is 40.2 Å². The van der Waals surface area contributed by atoms with Gasteiger partial charge in [-0.15, -0.1) is 0 Å². The molecule has 4 nitrogen and oxygen atoms in total. The van der Waals surface area contributed by atoms with Crippen molar-refractivity contribution >= 4 is 61.8 Å². The van der Waals surface area contributed by atoms with Crippen LogP contribution in [0.4, 0.5) is 0 Å². The second-order valence-electron chi connectivity index (χ2n) is 14.2. The maximum atomic E-state index is 6.37. The van der Waals surface area contributed by atoms with E-state index >= 15 is 0 Å². The van der Waals surface area contributed by atoms with E-state index in [2.05, 4.69) is 187 Å². The highest BCUT2D eigenvalue weighted by atomic mass is 28.3. The average Bonchev–Trinajstić information content (AvgIpc) is 3.84. The quantitative estimate of drug-likeness (QED) is 0.127. The number of hydrogen-bond donors (Lipinski definition) is 0. The molecule has 3 heterocycles. The summed E-state index contributed by atoms with van der Waals surface area (Å²) < 4.78 is 14.9. The first kappa shape index (κ1) is 31.6. The number of benzene rings is 8. The highest BCUT2D eigenvalue weighted by Crippen LogP contribution is 2.38. The van der Waals surface area contributed by atoms with Crippen LogP contribution in [0.1, 0.15) is 5.82 Å². The van der Waals surface area contributed by atoms with Crippen molar-refractivity contribution < 1.29 is 9.15 Å². The fourth-order valence-corrected chi connectivity index (χ4v) is 13.6. The molecule has 2 aromatic heterocycles. The van der Waals surface area contributed by atoms with E-state index in [0.717, 1.165) is 61.4 Å². The highest BCUT2D eigenvalue weighted by molar-refractivity contribution is 7.20. The highest BCUT2D eigenvalue weighted by Gasteiger charge is 2.42. The lowest BCUT2D eigenvalue weighted by Gasteiger charge is -2.35.